The number of hydrogen-bond donors (Lipinski definition) is 0. The fourth-order valence-electron chi connectivity index (χ4n) is 2.73. The third-order valence-corrected chi connectivity index (χ3v) is 4.49. The summed E-state index contributed by atoms with van der Waals surface area (Å²) in [6, 6.07) is 18.3. The van der Waals surface area contributed by atoms with Crippen molar-refractivity contribution < 1.29 is 9.59 Å². The van der Waals surface area contributed by atoms with E-state index in [1.165, 1.54) is 6.21 Å². The van der Waals surface area contributed by atoms with Crippen molar-refractivity contribution >= 4 is 34.0 Å². The number of carbonyl (C=O) groups is 2. The highest BCUT2D eigenvalue weighted by molar-refractivity contribution is 9.10. The molecular formula is C19H12BrN3O2. The van der Waals surface area contributed by atoms with E-state index < -0.39 is 11.8 Å². The number of halogens is 1. The van der Waals surface area contributed by atoms with Gasteiger partial charge in [-0.3, -0.25) is 9.59 Å². The molecule has 0 N–H and O–H groups in total. The normalized spacial score (nSPS) is 13.7. The second-order valence-corrected chi connectivity index (χ2v) is 6.41. The molecule has 0 saturated carbocycles. The van der Waals surface area contributed by atoms with Gasteiger partial charge in [0.05, 0.1) is 23.0 Å². The number of benzene rings is 2. The molecule has 4 rings (SSSR count). The molecule has 2 heterocycles. The number of amides is 2. The lowest BCUT2D eigenvalue weighted by Crippen LogP contribution is -2.24. The minimum atomic E-state index is -0.404. The minimum absolute atomic E-state index is 0.382. The van der Waals surface area contributed by atoms with Crippen molar-refractivity contribution in [3.63, 3.8) is 0 Å². The van der Waals surface area contributed by atoms with Crippen LogP contribution in [0, 0.1) is 0 Å². The number of carbonyl (C=O) groups excluding carboxylic acids is 2. The van der Waals surface area contributed by atoms with Crippen molar-refractivity contribution in [3.05, 3.63) is 88.2 Å². The first-order valence-electron chi connectivity index (χ1n) is 7.60. The lowest BCUT2D eigenvalue weighted by molar-refractivity contribution is 0.0660. The van der Waals surface area contributed by atoms with Crippen molar-refractivity contribution in [3.8, 4) is 5.69 Å². The molecule has 5 nitrogen and oxygen atoms in total. The van der Waals surface area contributed by atoms with Crippen molar-refractivity contribution in [2.45, 2.75) is 0 Å². The largest absolute Gasteiger partial charge is 0.316 e. The molecule has 1 aromatic heterocycles. The number of fused-ring (bicyclic) bond motifs is 1. The number of aromatic nitrogens is 1. The second-order valence-electron chi connectivity index (χ2n) is 5.49. The van der Waals surface area contributed by atoms with Gasteiger partial charge in [-0.25, -0.2) is 0 Å². The van der Waals surface area contributed by atoms with Crippen molar-refractivity contribution in [2.75, 3.05) is 0 Å². The monoisotopic (exact) mass is 393 g/mol. The molecule has 0 unspecified atom stereocenters. The first kappa shape index (κ1) is 15.5. The Kier molecular flexibility index (Phi) is 3.82. The Morgan fingerprint density at radius 3 is 2.12 bits per heavy atom. The standard InChI is InChI=1S/C19H12BrN3O2/c20-13-7-9-14(10-8-13)22-11-3-4-15(22)12-21-23-18(24)16-5-1-2-6-17(16)19(23)25/h1-12H. The molecule has 2 amide bonds. The lowest BCUT2D eigenvalue weighted by atomic mass is 10.1. The summed E-state index contributed by atoms with van der Waals surface area (Å²) in [6.07, 6.45) is 3.41. The fraction of sp³-hybridized carbons (Fsp3) is 0. The molecule has 3 aromatic rings. The van der Waals surface area contributed by atoms with Gasteiger partial charge in [0.2, 0.25) is 0 Å². The summed E-state index contributed by atoms with van der Waals surface area (Å²) in [7, 11) is 0. The van der Waals surface area contributed by atoms with Crippen LogP contribution in [0.15, 0.2) is 76.4 Å². The van der Waals surface area contributed by atoms with Crippen LogP contribution in [-0.2, 0) is 0 Å². The van der Waals surface area contributed by atoms with Gasteiger partial charge in [-0.2, -0.15) is 10.1 Å². The van der Waals surface area contributed by atoms with Crippen LogP contribution in [0.5, 0.6) is 0 Å². The topological polar surface area (TPSA) is 54.7 Å². The molecule has 1 aliphatic rings. The maximum absolute atomic E-state index is 12.3. The van der Waals surface area contributed by atoms with E-state index in [0.717, 1.165) is 20.9 Å². The Morgan fingerprint density at radius 2 is 1.48 bits per heavy atom. The number of rotatable bonds is 3. The Bertz CT molecular complexity index is 971. The average molecular weight is 394 g/mol. The Balaban J connectivity index is 1.64. The van der Waals surface area contributed by atoms with E-state index in [4.69, 9.17) is 0 Å². The number of hydrazone groups is 1. The van der Waals surface area contributed by atoms with Crippen LogP contribution in [0.1, 0.15) is 26.4 Å². The van der Waals surface area contributed by atoms with E-state index in [2.05, 4.69) is 21.0 Å². The van der Waals surface area contributed by atoms with Crippen LogP contribution in [0.25, 0.3) is 5.69 Å². The highest BCUT2D eigenvalue weighted by Gasteiger charge is 2.35. The van der Waals surface area contributed by atoms with E-state index in [1.54, 1.807) is 24.3 Å². The van der Waals surface area contributed by atoms with Gasteiger partial charge in [0, 0.05) is 16.4 Å². The molecule has 0 fully saturated rings. The molecule has 0 saturated heterocycles. The minimum Gasteiger partial charge on any atom is -0.316 e. The molecule has 2 aromatic carbocycles. The van der Waals surface area contributed by atoms with Gasteiger partial charge < -0.3 is 4.57 Å². The zero-order valence-corrected chi connectivity index (χ0v) is 14.6. The molecule has 0 aliphatic carbocycles. The van der Waals surface area contributed by atoms with Crippen LogP contribution >= 0.6 is 15.9 Å². The molecule has 0 bridgehead atoms. The van der Waals surface area contributed by atoms with Gasteiger partial charge in [-0.1, -0.05) is 28.1 Å². The van der Waals surface area contributed by atoms with Crippen LogP contribution in [-0.4, -0.2) is 27.6 Å². The Labute approximate surface area is 152 Å². The first-order valence-corrected chi connectivity index (χ1v) is 8.39. The summed E-state index contributed by atoms with van der Waals surface area (Å²) in [5, 5.41) is 5.03. The highest BCUT2D eigenvalue weighted by Crippen LogP contribution is 2.23. The predicted octanol–water partition coefficient (Wildman–Crippen LogP) is 3.87. The van der Waals surface area contributed by atoms with E-state index in [1.807, 2.05) is 47.2 Å². The van der Waals surface area contributed by atoms with Crippen LogP contribution in [0.3, 0.4) is 0 Å². The molecule has 0 radical (unpaired) electrons. The summed E-state index contributed by atoms with van der Waals surface area (Å²) in [6.45, 7) is 0. The molecule has 25 heavy (non-hydrogen) atoms. The second kappa shape index (κ2) is 6.14. The summed E-state index contributed by atoms with van der Waals surface area (Å²) in [4.78, 5) is 24.7. The average Bonchev–Trinajstić information content (AvgIpc) is 3.19. The van der Waals surface area contributed by atoms with Gasteiger partial charge in [-0.05, 0) is 48.5 Å². The van der Waals surface area contributed by atoms with Crippen LogP contribution in [0.4, 0.5) is 0 Å². The summed E-state index contributed by atoms with van der Waals surface area (Å²) >= 11 is 3.41. The maximum Gasteiger partial charge on any atom is 0.282 e. The number of hydrogen-bond acceptors (Lipinski definition) is 3. The molecule has 0 spiro atoms. The third kappa shape index (κ3) is 2.70. The van der Waals surface area contributed by atoms with Gasteiger partial charge in [0.1, 0.15) is 0 Å². The molecular weight excluding hydrogens is 382 g/mol. The van der Waals surface area contributed by atoms with Crippen molar-refractivity contribution in [2.24, 2.45) is 5.10 Å². The molecule has 122 valence electrons. The van der Waals surface area contributed by atoms with E-state index in [0.29, 0.717) is 11.1 Å². The zero-order chi connectivity index (χ0) is 17.4. The van der Waals surface area contributed by atoms with Crippen molar-refractivity contribution in [1.29, 1.82) is 0 Å². The van der Waals surface area contributed by atoms with E-state index >= 15 is 0 Å². The first-order chi connectivity index (χ1) is 12.1. The smallest absolute Gasteiger partial charge is 0.282 e. The Morgan fingerprint density at radius 1 is 0.840 bits per heavy atom. The van der Waals surface area contributed by atoms with Gasteiger partial charge in [0.15, 0.2) is 0 Å². The van der Waals surface area contributed by atoms with Crippen LogP contribution < -0.4 is 0 Å². The number of imide groups is 1. The maximum atomic E-state index is 12.3. The quantitative estimate of drug-likeness (QED) is 0.500. The highest BCUT2D eigenvalue weighted by atomic mass is 79.9. The van der Waals surface area contributed by atoms with Crippen LogP contribution in [0.2, 0.25) is 0 Å². The summed E-state index contributed by atoms with van der Waals surface area (Å²) in [5.74, 6) is -0.808. The van der Waals surface area contributed by atoms with Gasteiger partial charge in [-0.15, -0.1) is 0 Å². The summed E-state index contributed by atoms with van der Waals surface area (Å²) < 4.78 is 2.92. The predicted molar refractivity (Wildman–Crippen MR) is 98.0 cm³/mol. The summed E-state index contributed by atoms with van der Waals surface area (Å²) in [5.41, 5.74) is 2.48. The van der Waals surface area contributed by atoms with E-state index in [9.17, 15) is 9.59 Å². The van der Waals surface area contributed by atoms with Gasteiger partial charge in [0.25, 0.3) is 11.8 Å². The molecule has 6 heteroatoms. The Hall–Kier alpha value is -2.99. The van der Waals surface area contributed by atoms with Crippen molar-refractivity contribution in [1.82, 2.24) is 9.58 Å². The zero-order valence-electron chi connectivity index (χ0n) is 13.0. The van der Waals surface area contributed by atoms with E-state index in [-0.39, 0.29) is 0 Å². The third-order valence-electron chi connectivity index (χ3n) is 3.96. The SMILES string of the molecule is O=C1c2ccccc2C(=O)N1N=Cc1cccn1-c1ccc(Br)cc1. The fourth-order valence-corrected chi connectivity index (χ4v) is 3.00. The molecule has 0 atom stereocenters. The number of nitrogens with zero attached hydrogens (tertiary/aromatic N) is 3. The molecule has 1 aliphatic heterocycles. The van der Waals surface area contributed by atoms with Gasteiger partial charge >= 0.3 is 0 Å². The lowest BCUT2D eigenvalue weighted by Gasteiger charge is -2.08.